The highest BCUT2D eigenvalue weighted by molar-refractivity contribution is 9.10. The fourth-order valence-corrected chi connectivity index (χ4v) is 6.44. The minimum absolute atomic E-state index is 0.0122. The second kappa shape index (κ2) is 9.59. The first-order valence-electron chi connectivity index (χ1n) is 12.6. The van der Waals surface area contributed by atoms with Gasteiger partial charge in [-0.25, -0.2) is 19.9 Å². The number of hydrogen-bond donors (Lipinski definition) is 5. The van der Waals surface area contributed by atoms with Crippen molar-refractivity contribution in [2.75, 3.05) is 24.7 Å². The molecule has 2 aliphatic rings. The molecule has 0 radical (unpaired) electrons. The molecule has 6 atom stereocenters. The van der Waals surface area contributed by atoms with Crippen molar-refractivity contribution < 1.29 is 20.1 Å². The molecule has 12 nitrogen and oxygen atoms in total. The number of aliphatic hydroxyl groups is 3. The van der Waals surface area contributed by atoms with E-state index in [1.54, 1.807) is 6.08 Å². The molecule has 204 valence electrons. The van der Waals surface area contributed by atoms with Crippen molar-refractivity contribution >= 4 is 49.6 Å². The standard InChI is InChI=1S/C26H29BrN8O4/c1-11-12(2)16(3-13(11)7-36)35-6-18(20-24(29)31-10-33-26(20)35)39-22-17(4-14(8-37)21(22)38)34-5-15(27)19-23(28)30-9-32-25(19)34/h3-6,9-12,16-17,21-22,36-38H,7-8H2,1-2H3,(H2,28,30,32)(H2,29,31,33)/t11-,12?,16-,17-,21+,22?/m1/s1. The molecule has 39 heavy (non-hydrogen) atoms. The summed E-state index contributed by atoms with van der Waals surface area (Å²) in [4.78, 5) is 17.2. The van der Waals surface area contributed by atoms with Gasteiger partial charge in [-0.05, 0) is 38.9 Å². The first kappa shape index (κ1) is 25.7. The Hall–Kier alpha value is -3.52. The van der Waals surface area contributed by atoms with E-state index in [4.69, 9.17) is 16.2 Å². The molecular weight excluding hydrogens is 568 g/mol. The van der Waals surface area contributed by atoms with Crippen LogP contribution in [0.2, 0.25) is 0 Å². The van der Waals surface area contributed by atoms with Crippen LogP contribution in [-0.2, 0) is 0 Å². The van der Waals surface area contributed by atoms with Gasteiger partial charge in [0, 0.05) is 16.9 Å². The second-order valence-electron chi connectivity index (χ2n) is 10.2. The SMILES string of the molecule is CC1[C@H](n2cc(OC3[C@H](n4cc(Br)c5c(N)ncnc54)C=C(CO)[C@@H]3O)c3c(N)ncnc32)C=C(CO)[C@@H]1C. The summed E-state index contributed by atoms with van der Waals surface area (Å²) in [6.07, 6.45) is 8.30. The maximum absolute atomic E-state index is 11.2. The van der Waals surface area contributed by atoms with E-state index in [0.29, 0.717) is 43.7 Å². The van der Waals surface area contributed by atoms with Crippen LogP contribution in [0.4, 0.5) is 11.6 Å². The number of hydrogen-bond acceptors (Lipinski definition) is 10. The third kappa shape index (κ3) is 3.91. The molecule has 7 N–H and O–H groups in total. The summed E-state index contributed by atoms with van der Waals surface area (Å²) in [6, 6.07) is -0.628. The molecular formula is C26H29BrN8O4. The summed E-state index contributed by atoms with van der Waals surface area (Å²) in [5, 5.41) is 32.3. The number of nitrogens with two attached hydrogens (primary N) is 2. The minimum atomic E-state index is -1.11. The monoisotopic (exact) mass is 596 g/mol. The summed E-state index contributed by atoms with van der Waals surface area (Å²) >= 11 is 3.54. The summed E-state index contributed by atoms with van der Waals surface area (Å²) in [6.45, 7) is 3.87. The maximum atomic E-state index is 11.2. The van der Waals surface area contributed by atoms with E-state index < -0.39 is 18.2 Å². The zero-order valence-corrected chi connectivity index (χ0v) is 22.9. The van der Waals surface area contributed by atoms with Crippen LogP contribution in [0.5, 0.6) is 5.75 Å². The fraction of sp³-hybridized carbons (Fsp3) is 0.385. The van der Waals surface area contributed by atoms with E-state index >= 15 is 0 Å². The number of aromatic nitrogens is 6. The van der Waals surface area contributed by atoms with Crippen molar-refractivity contribution in [2.45, 2.75) is 38.1 Å². The Labute approximate surface area is 231 Å². The predicted octanol–water partition coefficient (Wildman–Crippen LogP) is 2.13. The van der Waals surface area contributed by atoms with Crippen LogP contribution in [0.25, 0.3) is 22.1 Å². The lowest BCUT2D eigenvalue weighted by atomic mass is 9.93. The summed E-state index contributed by atoms with van der Waals surface area (Å²) < 4.78 is 11.1. The van der Waals surface area contributed by atoms with E-state index in [-0.39, 0.29) is 36.9 Å². The normalized spacial score (nSPS) is 26.9. The van der Waals surface area contributed by atoms with Crippen LogP contribution in [0.1, 0.15) is 25.9 Å². The van der Waals surface area contributed by atoms with Crippen LogP contribution in [0.3, 0.4) is 0 Å². The zero-order valence-electron chi connectivity index (χ0n) is 21.3. The van der Waals surface area contributed by atoms with Crippen molar-refractivity contribution in [2.24, 2.45) is 11.8 Å². The molecule has 4 aromatic rings. The predicted molar refractivity (Wildman–Crippen MR) is 149 cm³/mol. The van der Waals surface area contributed by atoms with E-state index in [2.05, 4.69) is 55.8 Å². The first-order chi connectivity index (χ1) is 18.7. The number of anilines is 2. The molecule has 4 aromatic heterocycles. The lowest BCUT2D eigenvalue weighted by Gasteiger charge is -2.25. The molecule has 13 heteroatoms. The van der Waals surface area contributed by atoms with Gasteiger partial charge >= 0.3 is 0 Å². The molecule has 0 spiro atoms. The van der Waals surface area contributed by atoms with Gasteiger partial charge in [0.15, 0.2) is 11.9 Å². The van der Waals surface area contributed by atoms with E-state index in [0.717, 1.165) is 5.57 Å². The van der Waals surface area contributed by atoms with Crippen molar-refractivity contribution in [3.8, 4) is 5.75 Å². The van der Waals surface area contributed by atoms with Gasteiger partial charge in [0.1, 0.15) is 47.1 Å². The van der Waals surface area contributed by atoms with E-state index in [9.17, 15) is 15.3 Å². The van der Waals surface area contributed by atoms with Gasteiger partial charge in [-0.3, -0.25) is 0 Å². The van der Waals surface area contributed by atoms with Gasteiger partial charge in [0.2, 0.25) is 0 Å². The second-order valence-corrected chi connectivity index (χ2v) is 11.0. The van der Waals surface area contributed by atoms with Gasteiger partial charge in [0.25, 0.3) is 0 Å². The molecule has 0 aromatic carbocycles. The summed E-state index contributed by atoms with van der Waals surface area (Å²) in [7, 11) is 0. The van der Waals surface area contributed by atoms with Crippen molar-refractivity contribution in [1.29, 1.82) is 0 Å². The number of ether oxygens (including phenoxy) is 1. The quantitative estimate of drug-likeness (QED) is 0.206. The van der Waals surface area contributed by atoms with Crippen molar-refractivity contribution in [3.05, 3.63) is 52.8 Å². The Kier molecular flexibility index (Phi) is 6.33. The highest BCUT2D eigenvalue weighted by atomic mass is 79.9. The Bertz CT molecular complexity index is 1650. The Balaban J connectivity index is 1.46. The Morgan fingerprint density at radius 3 is 2.10 bits per heavy atom. The third-order valence-electron chi connectivity index (χ3n) is 8.18. The highest BCUT2D eigenvalue weighted by Gasteiger charge is 2.41. The van der Waals surface area contributed by atoms with E-state index in [1.807, 2.05) is 21.5 Å². The van der Waals surface area contributed by atoms with Gasteiger partial charge in [0.05, 0.1) is 30.7 Å². The number of nitrogen functional groups attached to an aromatic ring is 2. The molecule has 0 amide bonds. The van der Waals surface area contributed by atoms with Gasteiger partial charge < -0.3 is 40.7 Å². The summed E-state index contributed by atoms with van der Waals surface area (Å²) in [5.41, 5.74) is 15.0. The average Bonchev–Trinajstić information content (AvgIpc) is 3.63. The van der Waals surface area contributed by atoms with Gasteiger partial charge in [-0.15, -0.1) is 0 Å². The van der Waals surface area contributed by atoms with Crippen LogP contribution in [0, 0.1) is 11.8 Å². The molecule has 0 aliphatic heterocycles. The molecule has 2 aliphatic carbocycles. The maximum Gasteiger partial charge on any atom is 0.153 e. The topological polar surface area (TPSA) is 183 Å². The highest BCUT2D eigenvalue weighted by Crippen LogP contribution is 2.44. The number of rotatable bonds is 6. The van der Waals surface area contributed by atoms with Gasteiger partial charge in [-0.1, -0.05) is 26.0 Å². The van der Waals surface area contributed by atoms with Crippen molar-refractivity contribution in [3.63, 3.8) is 0 Å². The smallest absolute Gasteiger partial charge is 0.153 e. The molecule has 6 rings (SSSR count). The van der Waals surface area contributed by atoms with Gasteiger partial charge in [-0.2, -0.15) is 0 Å². The Morgan fingerprint density at radius 2 is 1.46 bits per heavy atom. The molecule has 0 bridgehead atoms. The summed E-state index contributed by atoms with van der Waals surface area (Å²) in [5.74, 6) is 1.34. The van der Waals surface area contributed by atoms with Crippen LogP contribution in [0.15, 0.2) is 52.8 Å². The molecule has 0 saturated heterocycles. The number of nitrogens with zero attached hydrogens (tertiary/aromatic N) is 6. The lowest BCUT2D eigenvalue weighted by molar-refractivity contribution is 0.0472. The molecule has 0 fully saturated rings. The minimum Gasteiger partial charge on any atom is -0.482 e. The lowest BCUT2D eigenvalue weighted by Crippen LogP contribution is -2.35. The average molecular weight is 597 g/mol. The first-order valence-corrected chi connectivity index (χ1v) is 13.4. The van der Waals surface area contributed by atoms with E-state index in [1.165, 1.54) is 12.7 Å². The zero-order chi connectivity index (χ0) is 27.6. The number of fused-ring (bicyclic) bond motifs is 2. The van der Waals surface area contributed by atoms with Crippen molar-refractivity contribution in [1.82, 2.24) is 29.1 Å². The number of allylic oxidation sites excluding steroid dienone is 1. The molecule has 2 unspecified atom stereocenters. The van der Waals surface area contributed by atoms with Crippen LogP contribution < -0.4 is 16.2 Å². The third-order valence-corrected chi connectivity index (χ3v) is 8.78. The largest absolute Gasteiger partial charge is 0.482 e. The Morgan fingerprint density at radius 1 is 0.872 bits per heavy atom. The molecule has 0 saturated carbocycles. The fourth-order valence-electron chi connectivity index (χ4n) is 5.84. The van der Waals surface area contributed by atoms with Crippen LogP contribution in [-0.4, -0.2) is 69.8 Å². The van der Waals surface area contributed by atoms with Crippen LogP contribution >= 0.6 is 15.9 Å². The molecule has 4 heterocycles. The number of aliphatic hydroxyl groups excluding tert-OH is 3. The number of halogens is 1.